The first-order valence-corrected chi connectivity index (χ1v) is 13.6. The van der Waals surface area contributed by atoms with Crippen molar-refractivity contribution in [3.05, 3.63) is 77.6 Å². The van der Waals surface area contributed by atoms with Crippen LogP contribution in [-0.2, 0) is 14.9 Å². The zero-order valence-electron chi connectivity index (χ0n) is 22.9. The van der Waals surface area contributed by atoms with Gasteiger partial charge in [-0.05, 0) is 80.0 Å². The molecule has 2 aliphatic rings. The topological polar surface area (TPSA) is 90.6 Å². The second-order valence-corrected chi connectivity index (χ2v) is 11.0. The number of nitriles is 1. The van der Waals surface area contributed by atoms with E-state index in [-0.39, 0.29) is 11.8 Å². The van der Waals surface area contributed by atoms with E-state index in [0.29, 0.717) is 18.9 Å². The van der Waals surface area contributed by atoms with Crippen LogP contribution in [0.2, 0.25) is 0 Å². The van der Waals surface area contributed by atoms with Crippen LogP contribution in [0, 0.1) is 24.2 Å². The average Bonchev–Trinajstić information content (AvgIpc) is 3.44. The molecule has 0 aliphatic carbocycles. The summed E-state index contributed by atoms with van der Waals surface area (Å²) < 4.78 is 5.43. The lowest BCUT2D eigenvalue weighted by molar-refractivity contribution is -0.117. The normalized spacial score (nSPS) is 17.7. The Bertz CT molecular complexity index is 1420. The van der Waals surface area contributed by atoms with Crippen LogP contribution in [0.25, 0.3) is 11.1 Å². The summed E-state index contributed by atoms with van der Waals surface area (Å²) in [5.41, 5.74) is 6.49. The van der Waals surface area contributed by atoms with Crippen LogP contribution >= 0.6 is 0 Å². The van der Waals surface area contributed by atoms with Gasteiger partial charge in [-0.1, -0.05) is 30.3 Å². The number of pyridine rings is 1. The largest absolute Gasteiger partial charge is 0.381 e. The van der Waals surface area contributed by atoms with Crippen molar-refractivity contribution >= 4 is 23.5 Å². The molecule has 200 valence electrons. The molecule has 3 heterocycles. The number of aryl methyl sites for hydroxylation is 1. The van der Waals surface area contributed by atoms with Gasteiger partial charge in [-0.2, -0.15) is 10.4 Å². The van der Waals surface area contributed by atoms with Crippen LogP contribution in [-0.4, -0.2) is 36.9 Å². The predicted molar refractivity (Wildman–Crippen MR) is 155 cm³/mol. The van der Waals surface area contributed by atoms with Crippen molar-refractivity contribution in [3.63, 3.8) is 0 Å². The van der Waals surface area contributed by atoms with Gasteiger partial charge in [0.05, 0.1) is 23.7 Å². The van der Waals surface area contributed by atoms with E-state index < -0.39 is 5.41 Å². The van der Waals surface area contributed by atoms with Gasteiger partial charge in [-0.15, -0.1) is 0 Å². The minimum absolute atomic E-state index is 0.0000997. The molecule has 1 unspecified atom stereocenters. The lowest BCUT2D eigenvalue weighted by Gasteiger charge is -2.22. The van der Waals surface area contributed by atoms with Crippen molar-refractivity contribution in [1.82, 2.24) is 4.98 Å². The molecule has 0 bridgehead atoms. The Morgan fingerprint density at radius 1 is 1.15 bits per heavy atom. The van der Waals surface area contributed by atoms with Crippen molar-refractivity contribution < 1.29 is 9.53 Å². The fourth-order valence-electron chi connectivity index (χ4n) is 5.23. The number of carbonyl (C=O) groups is 1. The van der Waals surface area contributed by atoms with E-state index in [1.807, 2.05) is 49.5 Å². The minimum atomic E-state index is -0.558. The number of nitrogens with zero attached hydrogens (tertiary/aromatic N) is 4. The fraction of sp³-hybridized carbons (Fsp3) is 0.375. The van der Waals surface area contributed by atoms with Crippen molar-refractivity contribution in [1.29, 1.82) is 5.26 Å². The van der Waals surface area contributed by atoms with Crippen LogP contribution in [0.3, 0.4) is 0 Å². The van der Waals surface area contributed by atoms with Crippen LogP contribution in [0.5, 0.6) is 0 Å². The minimum Gasteiger partial charge on any atom is -0.381 e. The highest BCUT2D eigenvalue weighted by molar-refractivity contribution is 5.92. The molecule has 1 aromatic heterocycles. The number of hydrazone groups is 1. The Hall–Kier alpha value is -4.02. The highest BCUT2D eigenvalue weighted by atomic mass is 16.5. The number of carbonyl (C=O) groups excluding carboxylic acids is 1. The summed E-state index contributed by atoms with van der Waals surface area (Å²) in [6.07, 6.45) is 7.85. The third-order valence-electron chi connectivity index (χ3n) is 7.78. The van der Waals surface area contributed by atoms with Gasteiger partial charge in [0.15, 0.2) is 0 Å². The van der Waals surface area contributed by atoms with Crippen molar-refractivity contribution in [3.8, 4) is 17.2 Å². The van der Waals surface area contributed by atoms with Gasteiger partial charge in [-0.25, -0.2) is 0 Å². The molecule has 1 amide bonds. The van der Waals surface area contributed by atoms with Gasteiger partial charge >= 0.3 is 0 Å². The molecule has 1 atom stereocenters. The standard InChI is InChI=1S/C32H35N5O2/c1-22-7-8-25(24-5-4-6-27(16-24)32(2,3)21-33)17-30(22)37-20-26(18-35-37)28-19-34-12-9-29(28)36-31(38)15-23-10-13-39-14-11-23/h4-9,12,16-19,23,26H,10-11,13-15,20H2,1-3H3,(H,34,36,38). The van der Waals surface area contributed by atoms with E-state index in [1.165, 1.54) is 0 Å². The Kier molecular flexibility index (Phi) is 7.76. The molecule has 0 spiro atoms. The SMILES string of the molecule is Cc1ccc(-c2cccc(C(C)(C)C#N)c2)cc1N1CC(c2cnccc2NC(=O)CC2CCOCC2)C=N1. The molecule has 39 heavy (non-hydrogen) atoms. The van der Waals surface area contributed by atoms with Crippen molar-refractivity contribution in [2.75, 3.05) is 30.1 Å². The van der Waals surface area contributed by atoms with E-state index in [0.717, 1.165) is 65.2 Å². The average molecular weight is 522 g/mol. The Morgan fingerprint density at radius 3 is 2.74 bits per heavy atom. The number of rotatable bonds is 7. The molecule has 1 N–H and O–H groups in total. The Balaban J connectivity index is 1.33. The number of aromatic nitrogens is 1. The first-order chi connectivity index (χ1) is 18.8. The molecule has 3 aromatic rings. The Morgan fingerprint density at radius 2 is 1.95 bits per heavy atom. The van der Waals surface area contributed by atoms with E-state index in [9.17, 15) is 10.1 Å². The zero-order valence-corrected chi connectivity index (χ0v) is 22.9. The van der Waals surface area contributed by atoms with Gasteiger partial charge in [0, 0.05) is 55.4 Å². The van der Waals surface area contributed by atoms with E-state index in [2.05, 4.69) is 53.6 Å². The summed E-state index contributed by atoms with van der Waals surface area (Å²) in [6, 6.07) is 18.8. The highest BCUT2D eigenvalue weighted by Gasteiger charge is 2.26. The Labute approximate surface area is 230 Å². The van der Waals surface area contributed by atoms with Gasteiger partial charge < -0.3 is 10.1 Å². The summed E-state index contributed by atoms with van der Waals surface area (Å²) in [6.45, 7) is 8.08. The quantitative estimate of drug-likeness (QED) is 0.400. The van der Waals surface area contributed by atoms with E-state index >= 15 is 0 Å². The zero-order chi connectivity index (χ0) is 27.4. The smallest absolute Gasteiger partial charge is 0.224 e. The van der Waals surface area contributed by atoms with Gasteiger partial charge in [0.2, 0.25) is 5.91 Å². The number of amides is 1. The molecular weight excluding hydrogens is 486 g/mol. The number of hydrogen-bond donors (Lipinski definition) is 1. The number of anilines is 2. The predicted octanol–water partition coefficient (Wildman–Crippen LogP) is 6.20. The number of nitrogens with one attached hydrogen (secondary N) is 1. The first-order valence-electron chi connectivity index (χ1n) is 13.6. The molecule has 7 heteroatoms. The summed E-state index contributed by atoms with van der Waals surface area (Å²) in [4.78, 5) is 17.2. The summed E-state index contributed by atoms with van der Waals surface area (Å²) in [5, 5.41) is 19.5. The first kappa shape index (κ1) is 26.6. The lowest BCUT2D eigenvalue weighted by Crippen LogP contribution is -2.23. The second-order valence-electron chi connectivity index (χ2n) is 11.0. The third kappa shape index (κ3) is 6.02. The second kappa shape index (κ2) is 11.4. The molecule has 0 saturated carbocycles. The number of hydrogen-bond acceptors (Lipinski definition) is 6. The molecule has 0 radical (unpaired) electrons. The molecule has 1 saturated heterocycles. The molecule has 2 aromatic carbocycles. The highest BCUT2D eigenvalue weighted by Crippen LogP contribution is 2.35. The maximum atomic E-state index is 12.8. The number of ether oxygens (including phenoxy) is 1. The van der Waals surface area contributed by atoms with Crippen LogP contribution in [0.4, 0.5) is 11.4 Å². The molecule has 7 nitrogen and oxygen atoms in total. The number of benzene rings is 2. The van der Waals surface area contributed by atoms with E-state index in [1.54, 1.807) is 6.20 Å². The maximum Gasteiger partial charge on any atom is 0.224 e. The molecular formula is C32H35N5O2. The fourth-order valence-corrected chi connectivity index (χ4v) is 5.23. The molecule has 2 aliphatic heterocycles. The lowest BCUT2D eigenvalue weighted by atomic mass is 9.85. The van der Waals surface area contributed by atoms with Gasteiger partial charge in [0.1, 0.15) is 0 Å². The van der Waals surface area contributed by atoms with Gasteiger partial charge in [0.25, 0.3) is 0 Å². The molecule has 5 rings (SSSR count). The van der Waals surface area contributed by atoms with Crippen molar-refractivity contribution in [2.24, 2.45) is 11.0 Å². The van der Waals surface area contributed by atoms with Crippen LogP contribution < -0.4 is 10.3 Å². The van der Waals surface area contributed by atoms with E-state index in [4.69, 9.17) is 9.84 Å². The van der Waals surface area contributed by atoms with Crippen molar-refractivity contribution in [2.45, 2.75) is 51.4 Å². The third-order valence-corrected chi connectivity index (χ3v) is 7.78. The molecule has 1 fully saturated rings. The van der Waals surface area contributed by atoms with Crippen LogP contribution in [0.15, 0.2) is 66.0 Å². The maximum absolute atomic E-state index is 12.8. The summed E-state index contributed by atoms with van der Waals surface area (Å²) in [5.74, 6) is 0.404. The summed E-state index contributed by atoms with van der Waals surface area (Å²) >= 11 is 0. The summed E-state index contributed by atoms with van der Waals surface area (Å²) in [7, 11) is 0. The van der Waals surface area contributed by atoms with Gasteiger partial charge in [-0.3, -0.25) is 14.8 Å². The van der Waals surface area contributed by atoms with Crippen LogP contribution in [0.1, 0.15) is 55.7 Å². The monoisotopic (exact) mass is 521 g/mol.